The van der Waals surface area contributed by atoms with Crippen molar-refractivity contribution < 1.29 is 19.4 Å². The third-order valence-electron chi connectivity index (χ3n) is 3.70. The lowest BCUT2D eigenvalue weighted by atomic mass is 10.1. The summed E-state index contributed by atoms with van der Waals surface area (Å²) in [5.41, 5.74) is 3.76. The van der Waals surface area contributed by atoms with Crippen molar-refractivity contribution in [3.8, 4) is 5.75 Å². The van der Waals surface area contributed by atoms with Crippen LogP contribution < -0.4 is 10.2 Å². The Bertz CT molecular complexity index is 841. The molecule has 0 aliphatic carbocycles. The van der Waals surface area contributed by atoms with Crippen LogP contribution >= 0.6 is 23.2 Å². The number of nitrogens with zero attached hydrogens (tertiary/aromatic N) is 1. The summed E-state index contributed by atoms with van der Waals surface area (Å²) in [5.74, 6) is -0.702. The topological polar surface area (TPSA) is 88.0 Å². The van der Waals surface area contributed by atoms with E-state index in [1.54, 1.807) is 18.2 Å². The van der Waals surface area contributed by atoms with Gasteiger partial charge in [-0.3, -0.25) is 9.59 Å². The van der Waals surface area contributed by atoms with Crippen molar-refractivity contribution in [2.24, 2.45) is 5.10 Å². The molecule has 0 aliphatic heterocycles. The Balaban J connectivity index is 1.83. The number of hydrazone groups is 1. The molecule has 28 heavy (non-hydrogen) atoms. The van der Waals surface area contributed by atoms with Gasteiger partial charge in [-0.15, -0.1) is 0 Å². The number of carbonyl (C=O) groups is 2. The maximum absolute atomic E-state index is 12.0. The Kier molecular flexibility index (Phi) is 8.78. The first-order valence-corrected chi connectivity index (χ1v) is 9.42. The van der Waals surface area contributed by atoms with Crippen molar-refractivity contribution >= 4 is 40.8 Å². The lowest BCUT2D eigenvalue weighted by Gasteiger charge is -2.08. The van der Waals surface area contributed by atoms with Crippen LogP contribution in [0, 0.1) is 0 Å². The number of carbonyl (C=O) groups excluding carboxylic acids is 1. The van der Waals surface area contributed by atoms with Crippen LogP contribution in [-0.4, -0.2) is 29.3 Å². The van der Waals surface area contributed by atoms with E-state index in [4.69, 9.17) is 33.0 Å². The van der Waals surface area contributed by atoms with Crippen molar-refractivity contribution in [3.63, 3.8) is 0 Å². The van der Waals surface area contributed by atoms with Gasteiger partial charge < -0.3 is 9.84 Å². The van der Waals surface area contributed by atoms with Crippen molar-refractivity contribution in [1.29, 1.82) is 0 Å². The number of halogens is 2. The monoisotopic (exact) mass is 422 g/mol. The van der Waals surface area contributed by atoms with E-state index in [0.717, 1.165) is 5.56 Å². The maximum atomic E-state index is 12.0. The predicted molar refractivity (Wildman–Crippen MR) is 109 cm³/mol. The predicted octanol–water partition coefficient (Wildman–Crippen LogP) is 4.54. The fourth-order valence-corrected chi connectivity index (χ4v) is 2.78. The summed E-state index contributed by atoms with van der Waals surface area (Å²) in [5, 5.41) is 13.9. The number of ether oxygens (including phenoxy) is 1. The highest BCUT2D eigenvalue weighted by atomic mass is 35.5. The number of benzene rings is 2. The number of hydrogen-bond donors (Lipinski definition) is 2. The van der Waals surface area contributed by atoms with Gasteiger partial charge in [0.25, 0.3) is 0 Å². The Hall–Kier alpha value is -2.57. The Labute approximate surface area is 173 Å². The zero-order valence-corrected chi connectivity index (χ0v) is 16.5. The summed E-state index contributed by atoms with van der Waals surface area (Å²) in [4.78, 5) is 22.8. The molecule has 0 spiro atoms. The van der Waals surface area contributed by atoms with Crippen LogP contribution in [-0.2, 0) is 9.59 Å². The van der Waals surface area contributed by atoms with Gasteiger partial charge in [0, 0.05) is 17.9 Å². The van der Waals surface area contributed by atoms with Crippen molar-refractivity contribution in [2.75, 3.05) is 6.61 Å². The summed E-state index contributed by atoms with van der Waals surface area (Å²) in [6.45, 7) is 0.309. The number of rotatable bonds is 10. The smallest absolute Gasteiger partial charge is 0.303 e. The summed E-state index contributed by atoms with van der Waals surface area (Å²) in [7, 11) is 0. The van der Waals surface area contributed by atoms with Crippen LogP contribution in [0.3, 0.4) is 0 Å². The van der Waals surface area contributed by atoms with Gasteiger partial charge in [-0.1, -0.05) is 53.5 Å². The fraction of sp³-hybridized carbons (Fsp3) is 0.250. The highest BCUT2D eigenvalue weighted by Crippen LogP contribution is 2.27. The average Bonchev–Trinajstić information content (AvgIpc) is 2.67. The van der Waals surface area contributed by atoms with E-state index < -0.39 is 5.97 Å². The van der Waals surface area contributed by atoms with Crippen LogP contribution in [0.1, 0.15) is 31.2 Å². The van der Waals surface area contributed by atoms with Crippen LogP contribution in [0.5, 0.6) is 5.75 Å². The molecular weight excluding hydrogens is 403 g/mol. The van der Waals surface area contributed by atoms with Gasteiger partial charge in [0.05, 0.1) is 23.8 Å². The third-order valence-corrected chi connectivity index (χ3v) is 4.23. The van der Waals surface area contributed by atoms with Gasteiger partial charge in [-0.05, 0) is 30.2 Å². The minimum Gasteiger partial charge on any atom is -0.492 e. The Morgan fingerprint density at radius 1 is 1.04 bits per heavy atom. The maximum Gasteiger partial charge on any atom is 0.303 e. The quantitative estimate of drug-likeness (QED) is 0.334. The molecule has 0 heterocycles. The zero-order valence-electron chi connectivity index (χ0n) is 15.0. The average molecular weight is 423 g/mol. The lowest BCUT2D eigenvalue weighted by Crippen LogP contribution is -2.21. The number of aliphatic carboxylic acids is 1. The molecule has 0 aromatic heterocycles. The van der Waals surface area contributed by atoms with Gasteiger partial charge in [0.1, 0.15) is 5.75 Å². The highest BCUT2D eigenvalue weighted by molar-refractivity contribution is 6.35. The molecule has 0 saturated carbocycles. The second-order valence-electron chi connectivity index (χ2n) is 5.88. The van der Waals surface area contributed by atoms with E-state index in [1.165, 1.54) is 0 Å². The first-order valence-electron chi connectivity index (χ1n) is 8.66. The number of carboxylic acid groups (broad SMARTS) is 1. The van der Waals surface area contributed by atoms with Crippen LogP contribution in [0.15, 0.2) is 53.6 Å². The minimum atomic E-state index is -0.923. The van der Waals surface area contributed by atoms with E-state index in [2.05, 4.69) is 10.5 Å². The molecule has 0 unspecified atom stereocenters. The van der Waals surface area contributed by atoms with Gasteiger partial charge in [0.15, 0.2) is 0 Å². The van der Waals surface area contributed by atoms with Crippen molar-refractivity contribution in [3.05, 3.63) is 64.1 Å². The first-order chi connectivity index (χ1) is 13.5. The van der Waals surface area contributed by atoms with Crippen LogP contribution in [0.2, 0.25) is 10.0 Å². The molecule has 148 valence electrons. The summed E-state index contributed by atoms with van der Waals surface area (Å²) in [6.07, 6.45) is 0.822. The molecule has 6 nitrogen and oxygen atoms in total. The summed E-state index contributed by atoms with van der Waals surface area (Å²) >= 11 is 11.8. The molecule has 0 aliphatic rings. The summed E-state index contributed by atoms with van der Waals surface area (Å²) in [6, 6.07) is 14.1. The van der Waals surface area contributed by atoms with E-state index in [9.17, 15) is 9.59 Å². The number of amides is 1. The zero-order chi connectivity index (χ0) is 20.4. The molecule has 0 radical (unpaired) electrons. The molecule has 8 heteroatoms. The van der Waals surface area contributed by atoms with Gasteiger partial charge in [0.2, 0.25) is 5.91 Å². The molecular formula is C20H20Cl2N2O4. The third kappa shape index (κ3) is 7.58. The standard InChI is InChI=1S/C20H20Cl2N2O4/c21-15-8-10-18(16(22)13-15)28-12-4-7-19(25)24-23-17(9-11-20(26)27)14-5-2-1-3-6-14/h1-3,5-6,8,10,13H,4,7,9,11-12H2,(H,24,25)(H,26,27). The van der Waals surface area contributed by atoms with Gasteiger partial charge in [-0.25, -0.2) is 5.43 Å². The molecule has 0 fully saturated rings. The molecule has 0 bridgehead atoms. The second kappa shape index (κ2) is 11.3. The number of nitrogens with one attached hydrogen (secondary N) is 1. The molecule has 1 amide bonds. The Morgan fingerprint density at radius 2 is 1.79 bits per heavy atom. The van der Waals surface area contributed by atoms with E-state index in [0.29, 0.717) is 34.5 Å². The lowest BCUT2D eigenvalue weighted by molar-refractivity contribution is -0.136. The largest absolute Gasteiger partial charge is 0.492 e. The normalized spacial score (nSPS) is 11.1. The van der Waals surface area contributed by atoms with Crippen LogP contribution in [0.4, 0.5) is 0 Å². The first kappa shape index (κ1) is 21.7. The van der Waals surface area contributed by atoms with Crippen molar-refractivity contribution in [2.45, 2.75) is 25.7 Å². The van der Waals surface area contributed by atoms with E-state index >= 15 is 0 Å². The molecule has 2 aromatic carbocycles. The Morgan fingerprint density at radius 3 is 2.46 bits per heavy atom. The van der Waals surface area contributed by atoms with Gasteiger partial charge in [-0.2, -0.15) is 5.10 Å². The summed E-state index contributed by atoms with van der Waals surface area (Å²) < 4.78 is 5.53. The SMILES string of the molecule is O=C(O)CCC(=NNC(=O)CCCOc1ccc(Cl)cc1Cl)c1ccccc1. The molecule has 2 aromatic rings. The highest BCUT2D eigenvalue weighted by Gasteiger charge is 2.08. The van der Waals surface area contributed by atoms with E-state index in [-0.39, 0.29) is 25.2 Å². The number of carboxylic acids is 1. The molecule has 2 N–H and O–H groups in total. The molecule has 2 rings (SSSR count). The molecule has 0 saturated heterocycles. The van der Waals surface area contributed by atoms with E-state index in [1.807, 2.05) is 30.3 Å². The van der Waals surface area contributed by atoms with Gasteiger partial charge >= 0.3 is 5.97 Å². The second-order valence-corrected chi connectivity index (χ2v) is 6.72. The van der Waals surface area contributed by atoms with Crippen LogP contribution in [0.25, 0.3) is 0 Å². The number of hydrogen-bond acceptors (Lipinski definition) is 4. The fourth-order valence-electron chi connectivity index (χ4n) is 2.31. The molecule has 0 atom stereocenters. The van der Waals surface area contributed by atoms with Crippen molar-refractivity contribution in [1.82, 2.24) is 5.43 Å². The minimum absolute atomic E-state index is 0.0701.